The molecule has 0 spiro atoms. The number of rotatable bonds is 3. The van der Waals surface area contributed by atoms with E-state index in [0.717, 1.165) is 0 Å². The second-order valence-electron chi connectivity index (χ2n) is 3.69. The molecule has 0 N–H and O–H groups in total. The van der Waals surface area contributed by atoms with E-state index in [1.807, 2.05) is 0 Å². The maximum Gasteiger partial charge on any atom is 0.266 e. The van der Waals surface area contributed by atoms with Crippen molar-refractivity contribution in [1.29, 1.82) is 0 Å². The maximum absolute atomic E-state index is 12.2. The van der Waals surface area contributed by atoms with E-state index in [4.69, 9.17) is 11.6 Å². The van der Waals surface area contributed by atoms with Crippen LogP contribution >= 0.6 is 11.6 Å². The van der Waals surface area contributed by atoms with Gasteiger partial charge in [-0.25, -0.2) is 4.98 Å². The van der Waals surface area contributed by atoms with Crippen LogP contribution in [0.5, 0.6) is 0 Å². The molecular formula is C13H9ClF2N2O. The van der Waals surface area contributed by atoms with Crippen molar-refractivity contribution in [3.8, 4) is 5.82 Å². The number of hydrogen-bond donors (Lipinski definition) is 0. The first-order valence-corrected chi connectivity index (χ1v) is 5.80. The predicted octanol–water partition coefficient (Wildman–Crippen LogP) is 3.21. The molecule has 2 rings (SSSR count). The minimum atomic E-state index is -1.82. The summed E-state index contributed by atoms with van der Waals surface area (Å²) in [6.45, 7) is 0. The molecule has 0 amide bonds. The van der Waals surface area contributed by atoms with Gasteiger partial charge in [-0.2, -0.15) is 8.78 Å². The van der Waals surface area contributed by atoms with Gasteiger partial charge in [-0.1, -0.05) is 17.7 Å². The van der Waals surface area contributed by atoms with Crippen LogP contribution in [0.3, 0.4) is 0 Å². The Labute approximate surface area is 112 Å². The van der Waals surface area contributed by atoms with E-state index in [1.54, 1.807) is 18.2 Å². The zero-order valence-electron chi connectivity index (χ0n) is 9.69. The van der Waals surface area contributed by atoms with Gasteiger partial charge in [-0.3, -0.25) is 9.36 Å². The topological polar surface area (TPSA) is 34.9 Å². The SMILES string of the molecule is O=c1ccc(Cl)c(CC=C(F)F)n1-c1ccccn1. The van der Waals surface area contributed by atoms with E-state index in [9.17, 15) is 13.6 Å². The Bertz CT molecular complexity index is 664. The molecule has 2 aromatic rings. The Balaban J connectivity index is 2.62. The Morgan fingerprint density at radius 3 is 2.74 bits per heavy atom. The van der Waals surface area contributed by atoms with Crippen molar-refractivity contribution in [3.05, 3.63) is 69.8 Å². The van der Waals surface area contributed by atoms with Crippen molar-refractivity contribution >= 4 is 11.6 Å². The average molecular weight is 283 g/mol. The molecule has 19 heavy (non-hydrogen) atoms. The highest BCUT2D eigenvalue weighted by Crippen LogP contribution is 2.18. The predicted molar refractivity (Wildman–Crippen MR) is 68.8 cm³/mol. The first-order valence-electron chi connectivity index (χ1n) is 5.42. The molecule has 3 nitrogen and oxygen atoms in total. The molecule has 0 radical (unpaired) electrons. The summed E-state index contributed by atoms with van der Waals surface area (Å²) in [7, 11) is 0. The van der Waals surface area contributed by atoms with Gasteiger partial charge in [0.15, 0.2) is 0 Å². The second-order valence-corrected chi connectivity index (χ2v) is 4.09. The molecule has 0 fully saturated rings. The van der Waals surface area contributed by atoms with Crippen LogP contribution in [0.15, 0.2) is 53.5 Å². The van der Waals surface area contributed by atoms with Gasteiger partial charge >= 0.3 is 0 Å². The fourth-order valence-corrected chi connectivity index (χ4v) is 1.88. The van der Waals surface area contributed by atoms with Crippen molar-refractivity contribution in [2.75, 3.05) is 0 Å². The summed E-state index contributed by atoms with van der Waals surface area (Å²) in [4.78, 5) is 15.9. The lowest BCUT2D eigenvalue weighted by Crippen LogP contribution is -2.22. The summed E-state index contributed by atoms with van der Waals surface area (Å²) < 4.78 is 25.6. The molecule has 6 heteroatoms. The first-order chi connectivity index (χ1) is 9.09. The van der Waals surface area contributed by atoms with Crippen molar-refractivity contribution in [2.45, 2.75) is 6.42 Å². The third kappa shape index (κ3) is 3.06. The third-order valence-corrected chi connectivity index (χ3v) is 2.81. The van der Waals surface area contributed by atoms with Crippen LogP contribution in [0.2, 0.25) is 5.02 Å². The molecule has 2 aromatic heterocycles. The van der Waals surface area contributed by atoms with Crippen LogP contribution in [0.25, 0.3) is 5.82 Å². The molecule has 2 heterocycles. The lowest BCUT2D eigenvalue weighted by molar-refractivity contribution is 0.418. The molecule has 0 aliphatic heterocycles. The molecule has 0 saturated heterocycles. The number of pyridine rings is 2. The molecule has 0 saturated carbocycles. The Morgan fingerprint density at radius 2 is 2.11 bits per heavy atom. The van der Waals surface area contributed by atoms with Crippen LogP contribution in [0.4, 0.5) is 8.78 Å². The number of halogens is 3. The molecule has 0 aromatic carbocycles. The summed E-state index contributed by atoms with van der Waals surface area (Å²) >= 11 is 5.97. The quantitative estimate of drug-likeness (QED) is 0.866. The second kappa shape index (κ2) is 5.75. The maximum atomic E-state index is 12.2. The van der Waals surface area contributed by atoms with E-state index >= 15 is 0 Å². The molecule has 0 unspecified atom stereocenters. The number of allylic oxidation sites excluding steroid dienone is 1. The van der Waals surface area contributed by atoms with Crippen LogP contribution in [0, 0.1) is 0 Å². The summed E-state index contributed by atoms with van der Waals surface area (Å²) in [5.41, 5.74) is -0.0913. The molecule has 0 bridgehead atoms. The molecular weight excluding hydrogens is 274 g/mol. The van der Waals surface area contributed by atoms with Crippen LogP contribution in [-0.4, -0.2) is 9.55 Å². The van der Waals surface area contributed by atoms with Crippen molar-refractivity contribution in [1.82, 2.24) is 9.55 Å². The van der Waals surface area contributed by atoms with Crippen LogP contribution < -0.4 is 5.56 Å². The van der Waals surface area contributed by atoms with Crippen molar-refractivity contribution < 1.29 is 8.78 Å². The minimum absolute atomic E-state index is 0.145. The standard InChI is InChI=1S/C13H9ClF2N2O/c14-9-4-7-13(19)18(10(9)5-6-11(15)16)12-3-1-2-8-17-12/h1-4,6-8H,5H2. The molecule has 98 valence electrons. The highest BCUT2D eigenvalue weighted by Gasteiger charge is 2.10. The van der Waals surface area contributed by atoms with Crippen molar-refractivity contribution in [3.63, 3.8) is 0 Å². The summed E-state index contributed by atoms with van der Waals surface area (Å²) in [5.74, 6) is 0.345. The number of aromatic nitrogens is 2. The van der Waals surface area contributed by atoms with Gasteiger partial charge in [0.25, 0.3) is 11.6 Å². The van der Waals surface area contributed by atoms with Crippen LogP contribution in [-0.2, 0) is 6.42 Å². The summed E-state index contributed by atoms with van der Waals surface area (Å²) in [6.07, 6.45) is 0.256. The molecule has 0 aliphatic rings. The van der Waals surface area contributed by atoms with Gasteiger partial charge in [-0.05, 0) is 24.3 Å². The number of nitrogens with zero attached hydrogens (tertiary/aromatic N) is 2. The Morgan fingerprint density at radius 1 is 1.32 bits per heavy atom. The zero-order valence-corrected chi connectivity index (χ0v) is 10.4. The van der Waals surface area contributed by atoms with Crippen LogP contribution in [0.1, 0.15) is 5.69 Å². The lowest BCUT2D eigenvalue weighted by Gasteiger charge is -2.11. The Kier molecular flexibility index (Phi) is 4.06. The average Bonchev–Trinajstić information content (AvgIpc) is 2.40. The van der Waals surface area contributed by atoms with Gasteiger partial charge in [0.05, 0.1) is 10.7 Å². The molecule has 0 aliphatic carbocycles. The smallest absolute Gasteiger partial charge is 0.266 e. The van der Waals surface area contributed by atoms with E-state index < -0.39 is 6.08 Å². The first kappa shape index (κ1) is 13.4. The normalized spacial score (nSPS) is 10.3. The van der Waals surface area contributed by atoms with Gasteiger partial charge < -0.3 is 0 Å². The van der Waals surface area contributed by atoms with Gasteiger partial charge in [0.1, 0.15) is 5.82 Å². The highest BCUT2D eigenvalue weighted by molar-refractivity contribution is 6.31. The largest absolute Gasteiger partial charge is 0.269 e. The fourth-order valence-electron chi connectivity index (χ4n) is 1.65. The highest BCUT2D eigenvalue weighted by atomic mass is 35.5. The third-order valence-electron chi connectivity index (χ3n) is 2.47. The monoisotopic (exact) mass is 282 g/mol. The number of hydrogen-bond acceptors (Lipinski definition) is 2. The molecule has 0 atom stereocenters. The summed E-state index contributed by atoms with van der Waals surface area (Å²) in [6, 6.07) is 7.67. The van der Waals surface area contributed by atoms with Gasteiger partial charge in [-0.15, -0.1) is 0 Å². The fraction of sp³-hybridized carbons (Fsp3) is 0.0769. The van der Waals surface area contributed by atoms with E-state index in [0.29, 0.717) is 11.9 Å². The van der Waals surface area contributed by atoms with Gasteiger partial charge in [0.2, 0.25) is 0 Å². The summed E-state index contributed by atoms with van der Waals surface area (Å²) in [5, 5.41) is 0.239. The zero-order chi connectivity index (χ0) is 13.8. The van der Waals surface area contributed by atoms with Crippen molar-refractivity contribution in [2.24, 2.45) is 0 Å². The lowest BCUT2D eigenvalue weighted by atomic mass is 10.2. The Hall–Kier alpha value is -2.01. The van der Waals surface area contributed by atoms with E-state index in [1.165, 1.54) is 22.9 Å². The minimum Gasteiger partial charge on any atom is -0.269 e. The van der Waals surface area contributed by atoms with E-state index in [-0.39, 0.29) is 22.7 Å². The van der Waals surface area contributed by atoms with Gasteiger partial charge in [0, 0.05) is 18.7 Å². The van der Waals surface area contributed by atoms with E-state index in [2.05, 4.69) is 4.98 Å².